The first-order valence-electron chi connectivity index (χ1n) is 6.66. The van der Waals surface area contributed by atoms with Crippen LogP contribution in [-0.4, -0.2) is 19.7 Å². The molecule has 0 aliphatic heterocycles. The number of alkyl halides is 3. The highest BCUT2D eigenvalue weighted by Gasteiger charge is 2.32. The molecule has 0 saturated carbocycles. The molecule has 0 aromatic heterocycles. The topological polar surface area (TPSA) is 98.5 Å². The van der Waals surface area contributed by atoms with Crippen molar-refractivity contribution in [1.29, 1.82) is 0 Å². The fraction of sp³-hybridized carbons (Fsp3) is 0.143. The van der Waals surface area contributed by atoms with Gasteiger partial charge < -0.3 is 4.74 Å². The number of nitro benzene ring substituents is 1. The maximum Gasteiger partial charge on any atom is 0.573 e. The minimum atomic E-state index is -4.91. The van der Waals surface area contributed by atoms with E-state index in [1.807, 2.05) is 0 Å². The Hall–Kier alpha value is -2.66. The monoisotopic (exact) mass is 376 g/mol. The van der Waals surface area contributed by atoms with Crippen molar-refractivity contribution in [3.05, 3.63) is 64.2 Å². The highest BCUT2D eigenvalue weighted by atomic mass is 32.2. The van der Waals surface area contributed by atoms with Gasteiger partial charge in [-0.2, -0.15) is 0 Å². The molecule has 2 rings (SSSR count). The van der Waals surface area contributed by atoms with E-state index in [1.165, 1.54) is 18.2 Å². The summed E-state index contributed by atoms with van der Waals surface area (Å²) in [6.07, 6.45) is -4.91. The fourth-order valence-corrected chi connectivity index (χ4v) is 2.88. The molecule has 0 aliphatic carbocycles. The predicted molar refractivity (Wildman–Crippen MR) is 80.2 cm³/mol. The molecule has 0 fully saturated rings. The molecule has 0 bridgehead atoms. The number of nitrogens with zero attached hydrogens (tertiary/aromatic N) is 1. The molecule has 2 aromatic rings. The third-order valence-corrected chi connectivity index (χ3v) is 4.43. The minimum Gasteiger partial charge on any atom is -0.405 e. The number of benzene rings is 2. The molecule has 0 unspecified atom stereocenters. The van der Waals surface area contributed by atoms with Gasteiger partial charge in [-0.1, -0.05) is 18.2 Å². The van der Waals surface area contributed by atoms with Crippen molar-refractivity contribution in [2.24, 2.45) is 0 Å². The van der Waals surface area contributed by atoms with E-state index in [-0.39, 0.29) is 16.1 Å². The maximum atomic E-state index is 12.3. The Balaban J connectivity index is 2.16. The first-order chi connectivity index (χ1) is 11.6. The first kappa shape index (κ1) is 18.7. The molecule has 0 spiro atoms. The molecule has 0 aliphatic rings. The number of sulfonamides is 1. The summed E-state index contributed by atoms with van der Waals surface area (Å²) in [5, 5.41) is 10.6. The van der Waals surface area contributed by atoms with Gasteiger partial charge >= 0.3 is 6.36 Å². The molecule has 1 N–H and O–H groups in total. The average molecular weight is 376 g/mol. The fourth-order valence-electron chi connectivity index (χ4n) is 1.88. The molecule has 0 radical (unpaired) electrons. The highest BCUT2D eigenvalue weighted by Crippen LogP contribution is 2.26. The van der Waals surface area contributed by atoms with Crippen LogP contribution < -0.4 is 9.46 Å². The molecule has 0 atom stereocenters. The summed E-state index contributed by atoms with van der Waals surface area (Å²) < 4.78 is 67.3. The zero-order valence-corrected chi connectivity index (χ0v) is 13.2. The van der Waals surface area contributed by atoms with E-state index >= 15 is 0 Å². The van der Waals surface area contributed by atoms with Crippen molar-refractivity contribution in [2.75, 3.05) is 0 Å². The van der Waals surface area contributed by atoms with E-state index in [0.717, 1.165) is 30.3 Å². The second-order valence-corrected chi connectivity index (χ2v) is 6.50. The number of nitrogens with one attached hydrogen (secondary N) is 1. The van der Waals surface area contributed by atoms with Crippen molar-refractivity contribution in [3.63, 3.8) is 0 Å². The van der Waals surface area contributed by atoms with Crippen LogP contribution in [-0.2, 0) is 16.6 Å². The summed E-state index contributed by atoms with van der Waals surface area (Å²) in [7, 11) is -4.07. The van der Waals surface area contributed by atoms with Gasteiger partial charge in [0, 0.05) is 24.2 Å². The van der Waals surface area contributed by atoms with Crippen molar-refractivity contribution < 1.29 is 31.2 Å². The van der Waals surface area contributed by atoms with Crippen LogP contribution in [0.2, 0.25) is 0 Å². The Bertz CT molecular complexity index is 867. The Morgan fingerprint density at radius 1 is 1.08 bits per heavy atom. The number of halogens is 3. The van der Waals surface area contributed by atoms with Gasteiger partial charge in [0.15, 0.2) is 0 Å². The lowest BCUT2D eigenvalue weighted by atomic mass is 10.2. The van der Waals surface area contributed by atoms with Crippen LogP contribution >= 0.6 is 0 Å². The summed E-state index contributed by atoms with van der Waals surface area (Å²) in [5.74, 6) is -0.526. The average Bonchev–Trinajstić information content (AvgIpc) is 2.53. The van der Waals surface area contributed by atoms with E-state index in [9.17, 15) is 31.7 Å². The van der Waals surface area contributed by atoms with E-state index in [4.69, 9.17) is 0 Å². The molecular weight excluding hydrogens is 365 g/mol. The van der Waals surface area contributed by atoms with Crippen LogP contribution in [0, 0.1) is 10.1 Å². The Kier molecular flexibility index (Phi) is 5.28. The molecule has 134 valence electrons. The minimum absolute atomic E-state index is 0.0229. The van der Waals surface area contributed by atoms with E-state index in [1.54, 1.807) is 0 Å². The zero-order valence-electron chi connectivity index (χ0n) is 12.4. The first-order valence-corrected chi connectivity index (χ1v) is 8.14. The van der Waals surface area contributed by atoms with Gasteiger partial charge in [-0.15, -0.1) is 13.2 Å². The Morgan fingerprint density at radius 3 is 2.24 bits per heavy atom. The third kappa shape index (κ3) is 5.16. The smallest absolute Gasteiger partial charge is 0.405 e. The van der Waals surface area contributed by atoms with Gasteiger partial charge in [0.25, 0.3) is 5.69 Å². The lowest BCUT2D eigenvalue weighted by Gasteiger charge is -2.13. The lowest BCUT2D eigenvalue weighted by Crippen LogP contribution is -2.24. The van der Waals surface area contributed by atoms with Crippen molar-refractivity contribution >= 4 is 15.7 Å². The van der Waals surface area contributed by atoms with Crippen LogP contribution in [0.1, 0.15) is 5.56 Å². The normalized spacial score (nSPS) is 12.0. The summed E-state index contributed by atoms with van der Waals surface area (Å²) in [4.78, 5) is 9.62. The highest BCUT2D eigenvalue weighted by molar-refractivity contribution is 7.89. The van der Waals surface area contributed by atoms with Gasteiger partial charge in [0.05, 0.1) is 9.82 Å². The standard InChI is InChI=1S/C14H11F3N2O5S/c15-14(16,17)24-13-4-2-1-3-10(13)9-18-25(22,23)12-7-5-11(6-8-12)19(20)21/h1-8,18H,9H2. The van der Waals surface area contributed by atoms with Crippen LogP contribution in [0.4, 0.5) is 18.9 Å². The zero-order chi connectivity index (χ0) is 18.7. The predicted octanol–water partition coefficient (Wildman–Crippen LogP) is 2.97. The largest absolute Gasteiger partial charge is 0.573 e. The second kappa shape index (κ2) is 7.07. The summed E-state index contributed by atoms with van der Waals surface area (Å²) in [6.45, 7) is -0.453. The van der Waals surface area contributed by atoms with Gasteiger partial charge in [0.2, 0.25) is 10.0 Å². The van der Waals surface area contributed by atoms with Crippen molar-refractivity contribution in [1.82, 2.24) is 4.72 Å². The number of para-hydroxylation sites is 1. The number of ether oxygens (including phenoxy) is 1. The van der Waals surface area contributed by atoms with E-state index in [0.29, 0.717) is 0 Å². The van der Waals surface area contributed by atoms with Gasteiger partial charge in [0.1, 0.15) is 5.75 Å². The quantitative estimate of drug-likeness (QED) is 0.617. The summed E-state index contributed by atoms with van der Waals surface area (Å²) in [6, 6.07) is 9.15. The van der Waals surface area contributed by atoms with E-state index < -0.39 is 33.6 Å². The number of non-ortho nitro benzene ring substituents is 1. The number of hydrogen-bond acceptors (Lipinski definition) is 5. The maximum absolute atomic E-state index is 12.3. The Morgan fingerprint density at radius 2 is 1.68 bits per heavy atom. The lowest BCUT2D eigenvalue weighted by molar-refractivity contribution is -0.384. The van der Waals surface area contributed by atoms with E-state index in [2.05, 4.69) is 9.46 Å². The van der Waals surface area contributed by atoms with Gasteiger partial charge in [-0.25, -0.2) is 13.1 Å². The number of nitro groups is 1. The molecule has 0 saturated heterocycles. The number of hydrogen-bond donors (Lipinski definition) is 1. The van der Waals surface area contributed by atoms with Crippen molar-refractivity contribution in [3.8, 4) is 5.75 Å². The SMILES string of the molecule is O=[N+]([O-])c1ccc(S(=O)(=O)NCc2ccccc2OC(F)(F)F)cc1. The van der Waals surface area contributed by atoms with Gasteiger partial charge in [-0.3, -0.25) is 10.1 Å². The molecule has 25 heavy (non-hydrogen) atoms. The van der Waals surface area contributed by atoms with Crippen LogP contribution in [0.3, 0.4) is 0 Å². The Labute approximate surface area is 140 Å². The molecular formula is C14H11F3N2O5S. The molecule has 0 heterocycles. The second-order valence-electron chi connectivity index (χ2n) is 4.73. The van der Waals surface area contributed by atoms with Crippen LogP contribution in [0.15, 0.2) is 53.4 Å². The summed E-state index contributed by atoms with van der Waals surface area (Å²) >= 11 is 0. The molecule has 7 nitrogen and oxygen atoms in total. The van der Waals surface area contributed by atoms with Crippen molar-refractivity contribution in [2.45, 2.75) is 17.8 Å². The van der Waals surface area contributed by atoms with Crippen LogP contribution in [0.25, 0.3) is 0 Å². The van der Waals surface area contributed by atoms with Crippen LogP contribution in [0.5, 0.6) is 5.75 Å². The van der Waals surface area contributed by atoms with Gasteiger partial charge in [-0.05, 0) is 18.2 Å². The number of rotatable bonds is 6. The summed E-state index contributed by atoms with van der Waals surface area (Å²) in [5.41, 5.74) is -0.312. The third-order valence-electron chi connectivity index (χ3n) is 3.01. The molecule has 11 heteroatoms. The molecule has 0 amide bonds. The molecule has 2 aromatic carbocycles.